The van der Waals surface area contributed by atoms with Gasteiger partial charge in [0.05, 0.1) is 6.04 Å². The molecule has 0 saturated carbocycles. The largest absolute Gasteiger partial charge is 0.378 e. The molecule has 2 aromatic rings. The molecule has 2 rings (SSSR count). The Bertz CT molecular complexity index is 560. The molecule has 0 saturated heterocycles. The minimum atomic E-state index is 0.0367. The molecule has 0 aliphatic carbocycles. The summed E-state index contributed by atoms with van der Waals surface area (Å²) in [6.07, 6.45) is 4.02. The number of aromatic nitrogens is 2. The van der Waals surface area contributed by atoms with E-state index in [1.807, 2.05) is 62.4 Å². The highest BCUT2D eigenvalue weighted by atomic mass is 16.1. The van der Waals surface area contributed by atoms with Crippen LogP contribution in [0.15, 0.2) is 42.7 Å². The van der Waals surface area contributed by atoms with Gasteiger partial charge in [-0.15, -0.1) is 0 Å². The van der Waals surface area contributed by atoms with Crippen molar-refractivity contribution in [1.29, 1.82) is 0 Å². The molecule has 5 heteroatoms. The monoisotopic (exact) mass is 286 g/mol. The topological polar surface area (TPSA) is 50.2 Å². The van der Waals surface area contributed by atoms with Crippen molar-refractivity contribution >= 4 is 11.6 Å². The summed E-state index contributed by atoms with van der Waals surface area (Å²) in [6, 6.07) is 10.1. The van der Waals surface area contributed by atoms with E-state index in [0.717, 1.165) is 11.3 Å². The summed E-state index contributed by atoms with van der Waals surface area (Å²) >= 11 is 0. The van der Waals surface area contributed by atoms with Crippen LogP contribution in [-0.4, -0.2) is 29.8 Å². The van der Waals surface area contributed by atoms with Gasteiger partial charge >= 0.3 is 0 Å². The first-order valence-electron chi connectivity index (χ1n) is 7.08. The van der Waals surface area contributed by atoms with Gasteiger partial charge in [-0.05, 0) is 30.7 Å². The van der Waals surface area contributed by atoms with Gasteiger partial charge in [-0.3, -0.25) is 9.48 Å². The van der Waals surface area contributed by atoms with Crippen LogP contribution in [-0.2, 0) is 11.3 Å². The molecule has 0 spiro atoms. The summed E-state index contributed by atoms with van der Waals surface area (Å²) in [6.45, 7) is 2.54. The van der Waals surface area contributed by atoms with E-state index in [-0.39, 0.29) is 11.9 Å². The van der Waals surface area contributed by atoms with Gasteiger partial charge in [0.15, 0.2) is 0 Å². The first kappa shape index (κ1) is 15.1. The van der Waals surface area contributed by atoms with E-state index in [9.17, 15) is 4.79 Å². The van der Waals surface area contributed by atoms with Gasteiger partial charge in [0, 0.05) is 45.1 Å². The minimum Gasteiger partial charge on any atom is -0.378 e. The second-order valence-corrected chi connectivity index (χ2v) is 5.38. The van der Waals surface area contributed by atoms with Gasteiger partial charge in [0.25, 0.3) is 0 Å². The van der Waals surface area contributed by atoms with E-state index in [1.54, 1.807) is 10.9 Å². The fourth-order valence-corrected chi connectivity index (χ4v) is 2.09. The Labute approximate surface area is 125 Å². The van der Waals surface area contributed by atoms with Crippen LogP contribution in [0.1, 0.15) is 24.9 Å². The van der Waals surface area contributed by atoms with Crippen LogP contribution in [0.4, 0.5) is 5.69 Å². The van der Waals surface area contributed by atoms with Gasteiger partial charge in [0.1, 0.15) is 0 Å². The van der Waals surface area contributed by atoms with Crippen LogP contribution in [0.2, 0.25) is 0 Å². The lowest BCUT2D eigenvalue weighted by Gasteiger charge is -2.14. The van der Waals surface area contributed by atoms with Crippen molar-refractivity contribution in [3.63, 3.8) is 0 Å². The summed E-state index contributed by atoms with van der Waals surface area (Å²) in [7, 11) is 4.01. The number of hydrogen-bond donors (Lipinski definition) is 1. The third-order valence-electron chi connectivity index (χ3n) is 3.40. The summed E-state index contributed by atoms with van der Waals surface area (Å²) in [5, 5.41) is 7.09. The Balaban J connectivity index is 1.81. The molecule has 1 heterocycles. The number of hydrogen-bond acceptors (Lipinski definition) is 3. The van der Waals surface area contributed by atoms with Gasteiger partial charge in [0.2, 0.25) is 5.91 Å². The van der Waals surface area contributed by atoms with Gasteiger partial charge in [-0.1, -0.05) is 12.1 Å². The van der Waals surface area contributed by atoms with E-state index >= 15 is 0 Å². The third kappa shape index (κ3) is 4.34. The molecule has 21 heavy (non-hydrogen) atoms. The average Bonchev–Trinajstić information content (AvgIpc) is 3.00. The van der Waals surface area contributed by atoms with Crippen molar-refractivity contribution in [2.75, 3.05) is 19.0 Å². The maximum atomic E-state index is 11.9. The van der Waals surface area contributed by atoms with Crippen molar-refractivity contribution in [1.82, 2.24) is 15.1 Å². The minimum absolute atomic E-state index is 0.0367. The first-order valence-corrected chi connectivity index (χ1v) is 7.08. The molecule has 0 aliphatic heterocycles. The number of anilines is 1. The van der Waals surface area contributed by atoms with Crippen LogP contribution in [0.25, 0.3) is 0 Å². The average molecular weight is 286 g/mol. The molecule has 1 aromatic carbocycles. The standard InChI is InChI=1S/C16H22N4O/c1-13(20-10-4-9-18-20)11-16(21)17-12-14-5-7-15(8-6-14)19(2)3/h4-10,13H,11-12H2,1-3H3,(H,17,21). The van der Waals surface area contributed by atoms with E-state index in [2.05, 4.69) is 10.4 Å². The number of nitrogens with zero attached hydrogens (tertiary/aromatic N) is 3. The molecule has 0 radical (unpaired) electrons. The fourth-order valence-electron chi connectivity index (χ4n) is 2.09. The Kier molecular flexibility index (Phi) is 4.98. The normalized spacial score (nSPS) is 12.0. The fraction of sp³-hybridized carbons (Fsp3) is 0.375. The van der Waals surface area contributed by atoms with Crippen LogP contribution in [0.3, 0.4) is 0 Å². The van der Waals surface area contributed by atoms with E-state index in [0.29, 0.717) is 13.0 Å². The van der Waals surface area contributed by atoms with Crippen molar-refractivity contribution in [2.45, 2.75) is 25.9 Å². The number of benzene rings is 1. The zero-order valence-electron chi connectivity index (χ0n) is 12.8. The highest BCUT2D eigenvalue weighted by Gasteiger charge is 2.10. The molecular weight excluding hydrogens is 264 g/mol. The van der Waals surface area contributed by atoms with Crippen molar-refractivity contribution in [3.8, 4) is 0 Å². The summed E-state index contributed by atoms with van der Waals surface area (Å²) in [5.74, 6) is 0.0367. The lowest BCUT2D eigenvalue weighted by atomic mass is 10.2. The molecule has 1 unspecified atom stereocenters. The van der Waals surface area contributed by atoms with Crippen molar-refractivity contribution in [2.24, 2.45) is 0 Å². The number of amides is 1. The van der Waals surface area contributed by atoms with Crippen molar-refractivity contribution in [3.05, 3.63) is 48.3 Å². The van der Waals surface area contributed by atoms with E-state index in [4.69, 9.17) is 0 Å². The van der Waals surface area contributed by atoms with E-state index < -0.39 is 0 Å². The first-order chi connectivity index (χ1) is 10.1. The number of carbonyl (C=O) groups excluding carboxylic acids is 1. The van der Waals surface area contributed by atoms with Crippen LogP contribution >= 0.6 is 0 Å². The molecular formula is C16H22N4O. The lowest BCUT2D eigenvalue weighted by Crippen LogP contribution is -2.25. The predicted molar refractivity (Wildman–Crippen MR) is 84.2 cm³/mol. The highest BCUT2D eigenvalue weighted by Crippen LogP contribution is 2.12. The molecule has 1 N–H and O–H groups in total. The summed E-state index contributed by atoms with van der Waals surface area (Å²) in [4.78, 5) is 14.0. The van der Waals surface area contributed by atoms with Crippen molar-refractivity contribution < 1.29 is 4.79 Å². The maximum Gasteiger partial charge on any atom is 0.222 e. The molecule has 1 aromatic heterocycles. The Morgan fingerprint density at radius 1 is 1.33 bits per heavy atom. The smallest absolute Gasteiger partial charge is 0.222 e. The Morgan fingerprint density at radius 2 is 2.05 bits per heavy atom. The molecule has 1 atom stereocenters. The molecule has 1 amide bonds. The predicted octanol–water partition coefficient (Wildman–Crippen LogP) is 2.22. The zero-order chi connectivity index (χ0) is 15.2. The number of carbonyl (C=O) groups is 1. The zero-order valence-corrected chi connectivity index (χ0v) is 12.8. The highest BCUT2D eigenvalue weighted by molar-refractivity contribution is 5.76. The molecule has 0 bridgehead atoms. The molecule has 0 fully saturated rings. The lowest BCUT2D eigenvalue weighted by molar-refractivity contribution is -0.122. The SMILES string of the molecule is CC(CC(=O)NCc1ccc(N(C)C)cc1)n1cccn1. The maximum absolute atomic E-state index is 11.9. The summed E-state index contributed by atoms with van der Waals surface area (Å²) < 4.78 is 1.80. The molecule has 112 valence electrons. The van der Waals surface area contributed by atoms with Gasteiger partial charge in [-0.2, -0.15) is 5.10 Å². The number of rotatable bonds is 6. The van der Waals surface area contributed by atoms with Gasteiger partial charge in [-0.25, -0.2) is 0 Å². The molecule has 0 aliphatic rings. The van der Waals surface area contributed by atoms with E-state index in [1.165, 1.54) is 0 Å². The quantitative estimate of drug-likeness (QED) is 0.886. The summed E-state index contributed by atoms with van der Waals surface area (Å²) in [5.41, 5.74) is 2.25. The number of nitrogens with one attached hydrogen (secondary N) is 1. The van der Waals surface area contributed by atoms with Crippen LogP contribution in [0.5, 0.6) is 0 Å². The Hall–Kier alpha value is -2.30. The second-order valence-electron chi connectivity index (χ2n) is 5.38. The second kappa shape index (κ2) is 6.92. The Morgan fingerprint density at radius 3 is 2.62 bits per heavy atom. The third-order valence-corrected chi connectivity index (χ3v) is 3.40. The van der Waals surface area contributed by atoms with Crippen LogP contribution in [0, 0.1) is 0 Å². The molecule has 5 nitrogen and oxygen atoms in total. The van der Waals surface area contributed by atoms with Gasteiger partial charge < -0.3 is 10.2 Å². The van der Waals surface area contributed by atoms with Crippen LogP contribution < -0.4 is 10.2 Å².